The van der Waals surface area contributed by atoms with Gasteiger partial charge in [-0.2, -0.15) is 0 Å². The fraction of sp³-hybridized carbons (Fsp3) is 0.250. The molecule has 9 heteroatoms. The number of carbonyl (C=O) groups is 3. The minimum Gasteiger partial charge on any atom is -0.482 e. The summed E-state index contributed by atoms with van der Waals surface area (Å²) in [4.78, 5) is 33.0. The molecule has 0 unspecified atom stereocenters. The average Bonchev–Trinajstić information content (AvgIpc) is 2.36. The Morgan fingerprint density at radius 1 is 1.43 bits per heavy atom. The van der Waals surface area contributed by atoms with Crippen LogP contribution in [-0.4, -0.2) is 35.5 Å². The molecular weight excluding hydrogens is 307 g/mol. The smallest absolute Gasteiger partial charge is 0.326 e. The maximum Gasteiger partial charge on any atom is 0.326 e. The van der Waals surface area contributed by atoms with Gasteiger partial charge in [0.1, 0.15) is 17.6 Å². The van der Waals surface area contributed by atoms with Gasteiger partial charge in [0.2, 0.25) is 5.91 Å². The van der Waals surface area contributed by atoms with Gasteiger partial charge in [-0.25, -0.2) is 9.18 Å². The summed E-state index contributed by atoms with van der Waals surface area (Å²) in [6.07, 6.45) is -0.543. The van der Waals surface area contributed by atoms with E-state index in [4.69, 9.17) is 27.2 Å². The maximum atomic E-state index is 12.8. The van der Waals surface area contributed by atoms with Crippen molar-refractivity contribution in [3.63, 3.8) is 0 Å². The molecule has 1 aromatic rings. The van der Waals surface area contributed by atoms with Crippen molar-refractivity contribution in [3.05, 3.63) is 29.0 Å². The lowest BCUT2D eigenvalue weighted by molar-refractivity contribution is -0.143. The van der Waals surface area contributed by atoms with E-state index in [-0.39, 0.29) is 10.8 Å². The third-order valence-corrected chi connectivity index (χ3v) is 2.59. The number of carbonyl (C=O) groups excluding carboxylic acids is 2. The summed E-state index contributed by atoms with van der Waals surface area (Å²) < 4.78 is 17.8. The first kappa shape index (κ1) is 16.7. The molecule has 114 valence electrons. The largest absolute Gasteiger partial charge is 0.482 e. The SMILES string of the molecule is NC(=O)C[C@@H](NC(=O)COc1ccc(F)cc1Cl)C(=O)O. The zero-order valence-electron chi connectivity index (χ0n) is 10.6. The number of amides is 2. The summed E-state index contributed by atoms with van der Waals surface area (Å²) in [5.74, 6) is -3.56. The lowest BCUT2D eigenvalue weighted by atomic mass is 10.2. The third kappa shape index (κ3) is 5.65. The maximum absolute atomic E-state index is 12.8. The summed E-state index contributed by atoms with van der Waals surface area (Å²) >= 11 is 5.69. The Hall–Kier alpha value is -2.35. The number of halogens is 2. The molecule has 2 amide bonds. The Kier molecular flexibility index (Phi) is 5.92. The van der Waals surface area contributed by atoms with Crippen molar-refractivity contribution >= 4 is 29.4 Å². The molecule has 0 fully saturated rings. The summed E-state index contributed by atoms with van der Waals surface area (Å²) in [7, 11) is 0. The Labute approximate surface area is 123 Å². The molecule has 1 atom stereocenters. The molecule has 0 aliphatic rings. The predicted molar refractivity (Wildman–Crippen MR) is 70.3 cm³/mol. The lowest BCUT2D eigenvalue weighted by Gasteiger charge is -2.13. The summed E-state index contributed by atoms with van der Waals surface area (Å²) in [5, 5.41) is 10.8. The van der Waals surface area contributed by atoms with Crippen LogP contribution in [0.15, 0.2) is 18.2 Å². The number of primary amides is 1. The first-order valence-electron chi connectivity index (χ1n) is 5.68. The van der Waals surface area contributed by atoms with Crippen LogP contribution >= 0.6 is 11.6 Å². The fourth-order valence-electron chi connectivity index (χ4n) is 1.37. The molecule has 0 aromatic heterocycles. The van der Waals surface area contributed by atoms with Crippen LogP contribution in [0.2, 0.25) is 5.02 Å². The normalized spacial score (nSPS) is 11.5. The van der Waals surface area contributed by atoms with Crippen molar-refractivity contribution in [3.8, 4) is 5.75 Å². The van der Waals surface area contributed by atoms with Crippen LogP contribution in [-0.2, 0) is 14.4 Å². The van der Waals surface area contributed by atoms with Gasteiger partial charge >= 0.3 is 5.97 Å². The monoisotopic (exact) mass is 318 g/mol. The predicted octanol–water partition coefficient (Wildman–Crippen LogP) is 0.303. The van der Waals surface area contributed by atoms with E-state index in [1.807, 2.05) is 0 Å². The summed E-state index contributed by atoms with van der Waals surface area (Å²) in [5.41, 5.74) is 4.87. The first-order chi connectivity index (χ1) is 9.79. The average molecular weight is 319 g/mol. The zero-order chi connectivity index (χ0) is 16.0. The number of hydrogen-bond donors (Lipinski definition) is 3. The number of hydrogen-bond acceptors (Lipinski definition) is 4. The Bertz CT molecular complexity index is 567. The number of rotatable bonds is 7. The minimum absolute atomic E-state index is 0.0327. The fourth-order valence-corrected chi connectivity index (χ4v) is 1.59. The van der Waals surface area contributed by atoms with Gasteiger partial charge in [-0.3, -0.25) is 9.59 Å². The molecule has 0 radical (unpaired) electrons. The molecular formula is C12H12ClFN2O5. The molecule has 1 aromatic carbocycles. The van der Waals surface area contributed by atoms with Crippen LogP contribution in [0.1, 0.15) is 6.42 Å². The molecule has 0 bridgehead atoms. The van der Waals surface area contributed by atoms with Crippen LogP contribution in [0.25, 0.3) is 0 Å². The van der Waals surface area contributed by atoms with E-state index in [0.29, 0.717) is 0 Å². The van der Waals surface area contributed by atoms with Crippen LogP contribution in [0.5, 0.6) is 5.75 Å². The molecule has 0 spiro atoms. The van der Waals surface area contributed by atoms with Gasteiger partial charge in [0, 0.05) is 0 Å². The summed E-state index contributed by atoms with van der Waals surface area (Å²) in [6, 6.07) is 1.87. The second kappa shape index (κ2) is 7.44. The highest BCUT2D eigenvalue weighted by Gasteiger charge is 2.22. The molecule has 7 nitrogen and oxygen atoms in total. The highest BCUT2D eigenvalue weighted by Crippen LogP contribution is 2.24. The molecule has 21 heavy (non-hydrogen) atoms. The van der Waals surface area contributed by atoms with Crippen molar-refractivity contribution in [2.75, 3.05) is 6.61 Å². The second-order valence-electron chi connectivity index (χ2n) is 3.99. The second-order valence-corrected chi connectivity index (χ2v) is 4.40. The lowest BCUT2D eigenvalue weighted by Crippen LogP contribution is -2.45. The van der Waals surface area contributed by atoms with Crippen molar-refractivity contribution in [1.29, 1.82) is 0 Å². The zero-order valence-corrected chi connectivity index (χ0v) is 11.4. The topological polar surface area (TPSA) is 119 Å². The van der Waals surface area contributed by atoms with E-state index in [2.05, 4.69) is 5.32 Å². The van der Waals surface area contributed by atoms with Gasteiger partial charge in [0.05, 0.1) is 11.4 Å². The van der Waals surface area contributed by atoms with Gasteiger partial charge in [-0.1, -0.05) is 11.6 Å². The summed E-state index contributed by atoms with van der Waals surface area (Å²) in [6.45, 7) is -0.548. The number of ether oxygens (including phenoxy) is 1. The van der Waals surface area contributed by atoms with Crippen molar-refractivity contribution in [2.24, 2.45) is 5.73 Å². The molecule has 0 heterocycles. The van der Waals surface area contributed by atoms with E-state index >= 15 is 0 Å². The molecule has 4 N–H and O–H groups in total. The molecule has 0 aliphatic carbocycles. The Morgan fingerprint density at radius 3 is 2.62 bits per heavy atom. The number of benzene rings is 1. The highest BCUT2D eigenvalue weighted by atomic mass is 35.5. The molecule has 1 rings (SSSR count). The molecule has 0 aliphatic heterocycles. The van der Waals surface area contributed by atoms with Crippen LogP contribution in [0.3, 0.4) is 0 Å². The van der Waals surface area contributed by atoms with E-state index in [9.17, 15) is 18.8 Å². The third-order valence-electron chi connectivity index (χ3n) is 2.29. The van der Waals surface area contributed by atoms with E-state index < -0.39 is 42.7 Å². The highest BCUT2D eigenvalue weighted by molar-refractivity contribution is 6.32. The van der Waals surface area contributed by atoms with Crippen LogP contribution < -0.4 is 15.8 Å². The molecule has 0 saturated heterocycles. The Morgan fingerprint density at radius 2 is 2.10 bits per heavy atom. The van der Waals surface area contributed by atoms with Gasteiger partial charge in [0.15, 0.2) is 6.61 Å². The first-order valence-corrected chi connectivity index (χ1v) is 6.05. The number of carboxylic acid groups (broad SMARTS) is 1. The van der Waals surface area contributed by atoms with E-state index in [0.717, 1.165) is 12.1 Å². The number of nitrogens with two attached hydrogens (primary N) is 1. The van der Waals surface area contributed by atoms with Crippen molar-refractivity contribution in [2.45, 2.75) is 12.5 Å². The van der Waals surface area contributed by atoms with Gasteiger partial charge in [0.25, 0.3) is 5.91 Å². The van der Waals surface area contributed by atoms with Crippen LogP contribution in [0.4, 0.5) is 4.39 Å². The minimum atomic E-state index is -1.44. The van der Waals surface area contributed by atoms with Crippen LogP contribution in [0, 0.1) is 5.82 Å². The number of carboxylic acids is 1. The van der Waals surface area contributed by atoms with Gasteiger partial charge in [-0.05, 0) is 18.2 Å². The number of aliphatic carboxylic acids is 1. The van der Waals surface area contributed by atoms with E-state index in [1.54, 1.807) is 0 Å². The van der Waals surface area contributed by atoms with Crippen molar-refractivity contribution < 1.29 is 28.6 Å². The van der Waals surface area contributed by atoms with Crippen molar-refractivity contribution in [1.82, 2.24) is 5.32 Å². The van der Waals surface area contributed by atoms with E-state index in [1.165, 1.54) is 6.07 Å². The Balaban J connectivity index is 2.56. The quantitative estimate of drug-likeness (QED) is 0.668. The van der Waals surface area contributed by atoms with Gasteiger partial charge < -0.3 is 20.9 Å². The standard InChI is InChI=1S/C12H12ClFN2O5/c13-7-3-6(14)1-2-9(7)21-5-11(18)16-8(12(19)20)4-10(15)17/h1-3,8H,4-5H2,(H2,15,17)(H,16,18)(H,19,20)/t8-/m1/s1. The molecule has 0 saturated carbocycles. The number of nitrogens with one attached hydrogen (secondary N) is 1. The van der Waals surface area contributed by atoms with Gasteiger partial charge in [-0.15, -0.1) is 0 Å².